The van der Waals surface area contributed by atoms with Crippen LogP contribution in [0.4, 0.5) is 0 Å². The Morgan fingerprint density at radius 2 is 1.94 bits per heavy atom. The SMILES string of the molecule is COc1ccc(C(CN)CCN)c(OC)c1. The molecule has 0 heterocycles. The molecule has 0 bridgehead atoms. The van der Waals surface area contributed by atoms with Crippen molar-refractivity contribution in [3.05, 3.63) is 23.8 Å². The van der Waals surface area contributed by atoms with Crippen LogP contribution < -0.4 is 20.9 Å². The molecule has 1 unspecified atom stereocenters. The third kappa shape index (κ3) is 2.87. The largest absolute Gasteiger partial charge is 0.497 e. The van der Waals surface area contributed by atoms with Crippen LogP contribution in [0.15, 0.2) is 18.2 Å². The number of hydrogen-bond acceptors (Lipinski definition) is 4. The van der Waals surface area contributed by atoms with E-state index in [1.165, 1.54) is 0 Å². The molecule has 0 amide bonds. The Balaban J connectivity index is 3.01. The van der Waals surface area contributed by atoms with Crippen molar-refractivity contribution in [1.29, 1.82) is 0 Å². The second-order valence-electron chi connectivity index (χ2n) is 3.62. The van der Waals surface area contributed by atoms with Crippen LogP contribution in [0.1, 0.15) is 17.9 Å². The van der Waals surface area contributed by atoms with Gasteiger partial charge in [0.1, 0.15) is 11.5 Å². The average molecular weight is 224 g/mol. The summed E-state index contributed by atoms with van der Waals surface area (Å²) in [6.07, 6.45) is 0.860. The highest BCUT2D eigenvalue weighted by Crippen LogP contribution is 2.31. The summed E-state index contributed by atoms with van der Waals surface area (Å²) in [5, 5.41) is 0. The maximum absolute atomic E-state index is 5.74. The zero-order valence-corrected chi connectivity index (χ0v) is 9.90. The van der Waals surface area contributed by atoms with E-state index < -0.39 is 0 Å². The highest BCUT2D eigenvalue weighted by molar-refractivity contribution is 5.42. The Labute approximate surface area is 96.5 Å². The van der Waals surface area contributed by atoms with E-state index in [1.54, 1.807) is 14.2 Å². The predicted molar refractivity (Wildman–Crippen MR) is 65.0 cm³/mol. The summed E-state index contributed by atoms with van der Waals surface area (Å²) in [5.74, 6) is 1.83. The fourth-order valence-electron chi connectivity index (χ4n) is 1.76. The molecule has 0 fully saturated rings. The van der Waals surface area contributed by atoms with Gasteiger partial charge in [0.05, 0.1) is 14.2 Å². The molecule has 0 radical (unpaired) electrons. The van der Waals surface area contributed by atoms with Crippen LogP contribution in [-0.2, 0) is 0 Å². The molecule has 16 heavy (non-hydrogen) atoms. The van der Waals surface area contributed by atoms with Gasteiger partial charge in [-0.15, -0.1) is 0 Å². The van der Waals surface area contributed by atoms with Crippen LogP contribution in [0.3, 0.4) is 0 Å². The molecule has 0 aliphatic heterocycles. The van der Waals surface area contributed by atoms with Gasteiger partial charge in [-0.1, -0.05) is 6.07 Å². The summed E-state index contributed by atoms with van der Waals surface area (Å²) in [6, 6.07) is 5.77. The number of benzene rings is 1. The predicted octanol–water partition coefficient (Wildman–Crippen LogP) is 1.09. The number of nitrogens with two attached hydrogens (primary N) is 2. The molecule has 0 aliphatic rings. The van der Waals surface area contributed by atoms with Crippen LogP contribution in [-0.4, -0.2) is 27.3 Å². The minimum absolute atomic E-state index is 0.242. The summed E-state index contributed by atoms with van der Waals surface area (Å²) in [5.41, 5.74) is 12.4. The highest BCUT2D eigenvalue weighted by atomic mass is 16.5. The molecule has 4 N–H and O–H groups in total. The van der Waals surface area contributed by atoms with E-state index in [9.17, 15) is 0 Å². The molecule has 1 rings (SSSR count). The highest BCUT2D eigenvalue weighted by Gasteiger charge is 2.14. The van der Waals surface area contributed by atoms with Crippen LogP contribution in [0, 0.1) is 0 Å². The second kappa shape index (κ2) is 6.35. The van der Waals surface area contributed by atoms with Gasteiger partial charge in [-0.2, -0.15) is 0 Å². The normalized spacial score (nSPS) is 12.2. The van der Waals surface area contributed by atoms with E-state index >= 15 is 0 Å². The molecule has 0 saturated heterocycles. The summed E-state index contributed by atoms with van der Waals surface area (Å²) in [6.45, 7) is 1.19. The van der Waals surface area contributed by atoms with Gasteiger partial charge in [-0.25, -0.2) is 0 Å². The van der Waals surface area contributed by atoms with Gasteiger partial charge in [0.25, 0.3) is 0 Å². The zero-order valence-electron chi connectivity index (χ0n) is 9.90. The first kappa shape index (κ1) is 12.8. The molecular formula is C12H20N2O2. The van der Waals surface area contributed by atoms with Crippen molar-refractivity contribution in [2.45, 2.75) is 12.3 Å². The quantitative estimate of drug-likeness (QED) is 0.759. The van der Waals surface area contributed by atoms with Crippen LogP contribution in [0.5, 0.6) is 11.5 Å². The lowest BCUT2D eigenvalue weighted by Crippen LogP contribution is -2.17. The number of methoxy groups -OCH3 is 2. The summed E-state index contributed by atoms with van der Waals surface area (Å²) < 4.78 is 10.5. The monoisotopic (exact) mass is 224 g/mol. The first-order valence-electron chi connectivity index (χ1n) is 5.38. The lowest BCUT2D eigenvalue weighted by molar-refractivity contribution is 0.387. The standard InChI is InChI=1S/C12H20N2O2/c1-15-10-3-4-11(12(7-10)16-2)9(8-14)5-6-13/h3-4,7,9H,5-6,8,13-14H2,1-2H3. The van der Waals surface area contributed by atoms with Crippen molar-refractivity contribution in [3.8, 4) is 11.5 Å². The lowest BCUT2D eigenvalue weighted by Gasteiger charge is -2.18. The van der Waals surface area contributed by atoms with Gasteiger partial charge in [-0.3, -0.25) is 0 Å². The van der Waals surface area contributed by atoms with Crippen molar-refractivity contribution in [3.63, 3.8) is 0 Å². The Morgan fingerprint density at radius 3 is 2.44 bits per heavy atom. The number of hydrogen-bond donors (Lipinski definition) is 2. The van der Waals surface area contributed by atoms with Crippen molar-refractivity contribution in [1.82, 2.24) is 0 Å². The fourth-order valence-corrected chi connectivity index (χ4v) is 1.76. The average Bonchev–Trinajstić information content (AvgIpc) is 2.35. The first-order chi connectivity index (χ1) is 7.76. The topological polar surface area (TPSA) is 70.5 Å². The molecule has 4 heteroatoms. The van der Waals surface area contributed by atoms with Gasteiger partial charge in [0.2, 0.25) is 0 Å². The summed E-state index contributed by atoms with van der Waals surface area (Å²) in [7, 11) is 3.28. The van der Waals surface area contributed by atoms with E-state index in [1.807, 2.05) is 18.2 Å². The maximum Gasteiger partial charge on any atom is 0.126 e. The Hall–Kier alpha value is -1.26. The third-order valence-electron chi connectivity index (χ3n) is 2.68. The molecule has 1 aromatic rings. The van der Waals surface area contributed by atoms with Crippen molar-refractivity contribution < 1.29 is 9.47 Å². The maximum atomic E-state index is 5.74. The summed E-state index contributed by atoms with van der Waals surface area (Å²) in [4.78, 5) is 0. The molecule has 0 aliphatic carbocycles. The summed E-state index contributed by atoms with van der Waals surface area (Å²) >= 11 is 0. The van der Waals surface area contributed by atoms with Gasteiger partial charge < -0.3 is 20.9 Å². The van der Waals surface area contributed by atoms with E-state index in [2.05, 4.69) is 0 Å². The molecule has 1 atom stereocenters. The van der Waals surface area contributed by atoms with E-state index in [-0.39, 0.29) is 5.92 Å². The first-order valence-corrected chi connectivity index (χ1v) is 5.38. The van der Waals surface area contributed by atoms with Crippen LogP contribution in [0.2, 0.25) is 0 Å². The minimum atomic E-state index is 0.242. The molecule has 0 saturated carbocycles. The molecule has 1 aromatic carbocycles. The van der Waals surface area contributed by atoms with Crippen LogP contribution >= 0.6 is 0 Å². The minimum Gasteiger partial charge on any atom is -0.497 e. The molecule has 4 nitrogen and oxygen atoms in total. The van der Waals surface area contributed by atoms with Crippen molar-refractivity contribution in [2.75, 3.05) is 27.3 Å². The number of ether oxygens (including phenoxy) is 2. The molecule has 90 valence electrons. The van der Waals surface area contributed by atoms with Crippen molar-refractivity contribution >= 4 is 0 Å². The van der Waals surface area contributed by atoms with Gasteiger partial charge in [-0.05, 0) is 31.1 Å². The Kier molecular flexibility index (Phi) is 5.08. The number of rotatable bonds is 6. The van der Waals surface area contributed by atoms with Crippen LogP contribution in [0.25, 0.3) is 0 Å². The Bertz CT molecular complexity index is 329. The zero-order chi connectivity index (χ0) is 12.0. The van der Waals surface area contributed by atoms with Gasteiger partial charge >= 0.3 is 0 Å². The smallest absolute Gasteiger partial charge is 0.126 e. The van der Waals surface area contributed by atoms with E-state index in [0.717, 1.165) is 23.5 Å². The molecular weight excluding hydrogens is 204 g/mol. The Morgan fingerprint density at radius 1 is 1.19 bits per heavy atom. The fraction of sp³-hybridized carbons (Fsp3) is 0.500. The van der Waals surface area contributed by atoms with E-state index in [0.29, 0.717) is 13.1 Å². The van der Waals surface area contributed by atoms with Gasteiger partial charge in [0, 0.05) is 12.0 Å². The third-order valence-corrected chi connectivity index (χ3v) is 2.68. The van der Waals surface area contributed by atoms with Gasteiger partial charge in [0.15, 0.2) is 0 Å². The van der Waals surface area contributed by atoms with Crippen molar-refractivity contribution in [2.24, 2.45) is 11.5 Å². The second-order valence-corrected chi connectivity index (χ2v) is 3.62. The molecule has 0 spiro atoms. The molecule has 0 aromatic heterocycles. The lowest BCUT2D eigenvalue weighted by atomic mass is 9.95. The van der Waals surface area contributed by atoms with E-state index in [4.69, 9.17) is 20.9 Å².